The summed E-state index contributed by atoms with van der Waals surface area (Å²) in [7, 11) is 0. The number of rotatable bonds is 2. The quantitative estimate of drug-likeness (QED) is 0.757. The van der Waals surface area contributed by atoms with Crippen LogP contribution in [0.4, 0.5) is 13.2 Å². The number of alkyl halides is 3. The van der Waals surface area contributed by atoms with E-state index in [-0.39, 0.29) is 25.2 Å². The molecule has 10 heteroatoms. The maximum Gasteiger partial charge on any atom is 0.416 e. The molecule has 0 bridgehead atoms. The van der Waals surface area contributed by atoms with Gasteiger partial charge in [-0.2, -0.15) is 13.2 Å². The molecule has 3 rings (SSSR count). The Morgan fingerprint density at radius 1 is 1.19 bits per heavy atom. The molecule has 2 aliphatic heterocycles. The number of piperazine rings is 2. The zero-order valence-corrected chi connectivity index (χ0v) is 13.5. The van der Waals surface area contributed by atoms with Crippen LogP contribution in [0.15, 0.2) is 24.3 Å². The molecule has 0 unspecified atom stereocenters. The van der Waals surface area contributed by atoms with Gasteiger partial charge in [-0.1, -0.05) is 0 Å². The molecule has 2 fully saturated rings. The Hall–Kier alpha value is -2.62. The van der Waals surface area contributed by atoms with Crippen LogP contribution in [0.2, 0.25) is 0 Å². The van der Waals surface area contributed by atoms with Gasteiger partial charge in [-0.3, -0.25) is 14.4 Å². The number of carbonyl (C=O) groups excluding carboxylic acids is 3. The molecule has 0 aliphatic carbocycles. The van der Waals surface area contributed by atoms with Crippen molar-refractivity contribution < 1.29 is 32.7 Å². The minimum atomic E-state index is -4.49. The molecule has 140 valence electrons. The van der Waals surface area contributed by atoms with Crippen molar-refractivity contribution in [3.63, 3.8) is 0 Å². The standard InChI is InChI=1S/C16H16F3N3O4/c17-16(18,19)10-3-1-9(2-4-10)14(25)21-5-6-22-12(7-21)13(24)20-11(8-23)15(22)26/h1-4,11-12,23H,5-8H2,(H,20,24)/t11-,12-/m1/s1. The fourth-order valence-corrected chi connectivity index (χ4v) is 3.09. The number of halogens is 3. The van der Waals surface area contributed by atoms with Crippen molar-refractivity contribution in [2.45, 2.75) is 18.3 Å². The number of benzene rings is 1. The second-order valence-corrected chi connectivity index (χ2v) is 6.12. The van der Waals surface area contributed by atoms with Crippen molar-refractivity contribution in [3.8, 4) is 0 Å². The van der Waals surface area contributed by atoms with Crippen molar-refractivity contribution in [2.75, 3.05) is 26.2 Å². The van der Waals surface area contributed by atoms with Gasteiger partial charge in [0.2, 0.25) is 11.8 Å². The molecule has 2 saturated heterocycles. The van der Waals surface area contributed by atoms with Crippen LogP contribution in [0, 0.1) is 0 Å². The largest absolute Gasteiger partial charge is 0.416 e. The van der Waals surface area contributed by atoms with Crippen LogP contribution >= 0.6 is 0 Å². The molecule has 0 spiro atoms. The van der Waals surface area contributed by atoms with E-state index in [0.29, 0.717) is 0 Å². The van der Waals surface area contributed by atoms with Gasteiger partial charge in [0, 0.05) is 18.7 Å². The zero-order chi connectivity index (χ0) is 19.1. The van der Waals surface area contributed by atoms with E-state index in [2.05, 4.69) is 5.32 Å². The molecular weight excluding hydrogens is 355 g/mol. The van der Waals surface area contributed by atoms with Gasteiger partial charge in [-0.25, -0.2) is 0 Å². The van der Waals surface area contributed by atoms with Gasteiger partial charge < -0.3 is 20.2 Å². The van der Waals surface area contributed by atoms with Crippen molar-refractivity contribution >= 4 is 17.7 Å². The number of aliphatic hydroxyl groups is 1. The van der Waals surface area contributed by atoms with Gasteiger partial charge in [0.1, 0.15) is 12.1 Å². The van der Waals surface area contributed by atoms with Gasteiger partial charge in [0.25, 0.3) is 5.91 Å². The molecule has 1 aromatic carbocycles. The number of nitrogens with zero attached hydrogens (tertiary/aromatic N) is 2. The normalized spacial score (nSPS) is 23.5. The van der Waals surface area contributed by atoms with E-state index < -0.39 is 48.2 Å². The highest BCUT2D eigenvalue weighted by atomic mass is 19.4. The van der Waals surface area contributed by atoms with Crippen LogP contribution in [-0.4, -0.2) is 71.0 Å². The molecular formula is C16H16F3N3O4. The third-order valence-electron chi connectivity index (χ3n) is 4.51. The summed E-state index contributed by atoms with van der Waals surface area (Å²) in [5, 5.41) is 11.5. The maximum atomic E-state index is 12.6. The van der Waals surface area contributed by atoms with E-state index in [9.17, 15) is 27.6 Å². The Labute approximate surface area is 146 Å². The molecule has 0 radical (unpaired) electrons. The topological polar surface area (TPSA) is 89.9 Å². The van der Waals surface area contributed by atoms with Gasteiger partial charge in [0.15, 0.2) is 0 Å². The Bertz CT molecular complexity index is 735. The first-order valence-electron chi connectivity index (χ1n) is 7.90. The average molecular weight is 371 g/mol. The average Bonchev–Trinajstić information content (AvgIpc) is 2.63. The van der Waals surface area contributed by atoms with Crippen LogP contribution in [0.3, 0.4) is 0 Å². The fraction of sp³-hybridized carbons (Fsp3) is 0.438. The summed E-state index contributed by atoms with van der Waals surface area (Å²) in [5.74, 6) is -1.41. The smallest absolute Gasteiger partial charge is 0.394 e. The Kier molecular flexibility index (Phi) is 4.61. The molecule has 0 saturated carbocycles. The summed E-state index contributed by atoms with van der Waals surface area (Å²) in [6.07, 6.45) is -4.49. The molecule has 2 atom stereocenters. The number of hydrogen-bond acceptors (Lipinski definition) is 4. The monoisotopic (exact) mass is 371 g/mol. The lowest BCUT2D eigenvalue weighted by molar-refractivity contribution is -0.153. The number of hydrogen-bond donors (Lipinski definition) is 2. The SMILES string of the molecule is O=C1N[C@H](CO)C(=O)N2CCN(C(=O)c3ccc(C(F)(F)F)cc3)C[C@H]12. The van der Waals surface area contributed by atoms with Crippen molar-refractivity contribution in [1.29, 1.82) is 0 Å². The summed E-state index contributed by atoms with van der Waals surface area (Å²) >= 11 is 0. The minimum Gasteiger partial charge on any atom is -0.394 e. The summed E-state index contributed by atoms with van der Waals surface area (Å²) in [5.41, 5.74) is -0.784. The summed E-state index contributed by atoms with van der Waals surface area (Å²) in [6, 6.07) is 1.96. The molecule has 1 aromatic rings. The maximum absolute atomic E-state index is 12.6. The molecule has 2 N–H and O–H groups in total. The Morgan fingerprint density at radius 3 is 2.42 bits per heavy atom. The minimum absolute atomic E-state index is 0.0599. The Morgan fingerprint density at radius 2 is 1.85 bits per heavy atom. The Balaban J connectivity index is 1.73. The van der Waals surface area contributed by atoms with E-state index in [4.69, 9.17) is 5.11 Å². The summed E-state index contributed by atoms with van der Waals surface area (Å²) in [6.45, 7) is -0.315. The number of amides is 3. The molecule has 26 heavy (non-hydrogen) atoms. The van der Waals surface area contributed by atoms with Crippen LogP contribution in [0.25, 0.3) is 0 Å². The number of nitrogens with one attached hydrogen (secondary N) is 1. The van der Waals surface area contributed by atoms with Crippen LogP contribution in [-0.2, 0) is 15.8 Å². The van der Waals surface area contributed by atoms with E-state index in [1.165, 1.54) is 9.80 Å². The second kappa shape index (κ2) is 6.60. The first-order valence-corrected chi connectivity index (χ1v) is 7.90. The van der Waals surface area contributed by atoms with E-state index >= 15 is 0 Å². The molecule has 2 heterocycles. The van der Waals surface area contributed by atoms with E-state index in [1.54, 1.807) is 0 Å². The van der Waals surface area contributed by atoms with Crippen molar-refractivity contribution in [1.82, 2.24) is 15.1 Å². The van der Waals surface area contributed by atoms with Crippen molar-refractivity contribution in [3.05, 3.63) is 35.4 Å². The lowest BCUT2D eigenvalue weighted by Gasteiger charge is -2.44. The van der Waals surface area contributed by atoms with E-state index in [0.717, 1.165) is 24.3 Å². The van der Waals surface area contributed by atoms with Crippen LogP contribution < -0.4 is 5.32 Å². The van der Waals surface area contributed by atoms with Gasteiger partial charge in [0.05, 0.1) is 18.7 Å². The first-order chi connectivity index (χ1) is 12.2. The summed E-state index contributed by atoms with van der Waals surface area (Å²) < 4.78 is 37.8. The fourth-order valence-electron chi connectivity index (χ4n) is 3.09. The number of fused-ring (bicyclic) bond motifs is 1. The lowest BCUT2D eigenvalue weighted by atomic mass is 10.0. The third-order valence-corrected chi connectivity index (χ3v) is 4.51. The van der Waals surface area contributed by atoms with Gasteiger partial charge >= 0.3 is 6.18 Å². The van der Waals surface area contributed by atoms with Crippen LogP contribution in [0.1, 0.15) is 15.9 Å². The van der Waals surface area contributed by atoms with Gasteiger partial charge in [-0.05, 0) is 24.3 Å². The van der Waals surface area contributed by atoms with Crippen LogP contribution in [0.5, 0.6) is 0 Å². The second-order valence-electron chi connectivity index (χ2n) is 6.12. The highest BCUT2D eigenvalue weighted by Crippen LogP contribution is 2.29. The number of aliphatic hydroxyl groups excluding tert-OH is 1. The molecule has 7 nitrogen and oxygen atoms in total. The van der Waals surface area contributed by atoms with E-state index in [1.807, 2.05) is 0 Å². The highest BCUT2D eigenvalue weighted by molar-refractivity contribution is 5.99. The zero-order valence-electron chi connectivity index (χ0n) is 13.5. The lowest BCUT2D eigenvalue weighted by Crippen LogP contribution is -2.70. The molecule has 0 aromatic heterocycles. The molecule has 3 amide bonds. The number of carbonyl (C=O) groups is 3. The third kappa shape index (κ3) is 3.24. The predicted molar refractivity (Wildman–Crippen MR) is 81.9 cm³/mol. The highest BCUT2D eigenvalue weighted by Gasteiger charge is 2.44. The van der Waals surface area contributed by atoms with Gasteiger partial charge in [-0.15, -0.1) is 0 Å². The summed E-state index contributed by atoms with van der Waals surface area (Å²) in [4.78, 5) is 39.4. The first kappa shape index (κ1) is 18.2. The van der Waals surface area contributed by atoms with Crippen molar-refractivity contribution in [2.24, 2.45) is 0 Å². The predicted octanol–water partition coefficient (Wildman–Crippen LogP) is -0.151. The molecule has 2 aliphatic rings.